The minimum absolute atomic E-state index is 0.000552. The maximum Gasteiger partial charge on any atom is 0.252 e. The number of hydrogen-bond donors (Lipinski definition) is 1. The van der Waals surface area contributed by atoms with Gasteiger partial charge in [-0.2, -0.15) is 0 Å². The van der Waals surface area contributed by atoms with Gasteiger partial charge in [0.1, 0.15) is 6.10 Å². The van der Waals surface area contributed by atoms with Gasteiger partial charge in [0.25, 0.3) is 5.91 Å². The van der Waals surface area contributed by atoms with Crippen LogP contribution in [0.1, 0.15) is 13.3 Å². The first kappa shape index (κ1) is 14.8. The molecule has 1 heterocycles. The Balaban J connectivity index is 1.94. The van der Waals surface area contributed by atoms with E-state index in [1.807, 2.05) is 6.92 Å². The van der Waals surface area contributed by atoms with Crippen LogP contribution in [0.4, 0.5) is 5.69 Å². The Kier molecular flexibility index (Phi) is 4.98. The van der Waals surface area contributed by atoms with Gasteiger partial charge in [-0.05, 0) is 19.1 Å². The van der Waals surface area contributed by atoms with E-state index in [0.29, 0.717) is 30.4 Å². The first-order chi connectivity index (χ1) is 9.61. The SMILES string of the molecule is CCN1CCOC(CC(=O)Nc2ccccc2Cl)C1=O. The highest BCUT2D eigenvalue weighted by Crippen LogP contribution is 2.21. The molecule has 2 rings (SSSR count). The Morgan fingerprint density at radius 1 is 1.50 bits per heavy atom. The van der Waals surface area contributed by atoms with Crippen LogP contribution in [0, 0.1) is 0 Å². The number of benzene rings is 1. The fourth-order valence-corrected chi connectivity index (χ4v) is 2.27. The van der Waals surface area contributed by atoms with Crippen molar-refractivity contribution in [2.24, 2.45) is 0 Å². The number of para-hydroxylation sites is 1. The Bertz CT molecular complexity index is 507. The van der Waals surface area contributed by atoms with Gasteiger partial charge < -0.3 is 15.0 Å². The number of morpholine rings is 1. The number of ether oxygens (including phenoxy) is 1. The second kappa shape index (κ2) is 6.72. The summed E-state index contributed by atoms with van der Waals surface area (Å²) < 4.78 is 5.38. The van der Waals surface area contributed by atoms with Gasteiger partial charge >= 0.3 is 0 Å². The molecule has 1 fully saturated rings. The van der Waals surface area contributed by atoms with Gasteiger partial charge in [-0.25, -0.2) is 0 Å². The molecular weight excluding hydrogens is 280 g/mol. The molecule has 0 saturated carbocycles. The van der Waals surface area contributed by atoms with Gasteiger partial charge in [-0.1, -0.05) is 23.7 Å². The van der Waals surface area contributed by atoms with E-state index in [2.05, 4.69) is 5.32 Å². The average Bonchev–Trinajstić information content (AvgIpc) is 2.44. The van der Waals surface area contributed by atoms with Gasteiger partial charge in [-0.15, -0.1) is 0 Å². The van der Waals surface area contributed by atoms with Crippen LogP contribution in [0.15, 0.2) is 24.3 Å². The van der Waals surface area contributed by atoms with Crippen LogP contribution in [-0.2, 0) is 14.3 Å². The molecule has 1 aliphatic rings. The smallest absolute Gasteiger partial charge is 0.252 e. The predicted octanol–water partition coefficient (Wildman–Crippen LogP) is 1.92. The Labute approximate surface area is 122 Å². The number of halogens is 1. The van der Waals surface area contributed by atoms with Crippen molar-refractivity contribution >= 4 is 29.1 Å². The summed E-state index contributed by atoms with van der Waals surface area (Å²) in [5.74, 6) is -0.414. The number of rotatable bonds is 4. The largest absolute Gasteiger partial charge is 0.366 e. The topological polar surface area (TPSA) is 58.6 Å². The molecule has 108 valence electrons. The third kappa shape index (κ3) is 3.49. The summed E-state index contributed by atoms with van der Waals surface area (Å²) in [6.45, 7) is 3.58. The van der Waals surface area contributed by atoms with Crippen LogP contribution >= 0.6 is 11.6 Å². The average molecular weight is 297 g/mol. The summed E-state index contributed by atoms with van der Waals surface area (Å²) in [6.07, 6.45) is -0.702. The summed E-state index contributed by atoms with van der Waals surface area (Å²) >= 11 is 5.96. The summed E-state index contributed by atoms with van der Waals surface area (Å²) in [7, 11) is 0. The maximum absolute atomic E-state index is 12.0. The Morgan fingerprint density at radius 2 is 2.25 bits per heavy atom. The zero-order valence-corrected chi connectivity index (χ0v) is 12.0. The van der Waals surface area contributed by atoms with E-state index in [0.717, 1.165) is 0 Å². The standard InChI is InChI=1S/C14H17ClN2O3/c1-2-17-7-8-20-12(14(17)19)9-13(18)16-11-6-4-3-5-10(11)15/h3-6,12H,2,7-9H2,1H3,(H,16,18). The minimum atomic E-state index is -0.703. The molecule has 0 radical (unpaired) electrons. The van der Waals surface area contributed by atoms with E-state index in [1.165, 1.54) is 0 Å². The molecule has 1 aromatic carbocycles. The number of amides is 2. The molecule has 1 saturated heterocycles. The monoisotopic (exact) mass is 296 g/mol. The summed E-state index contributed by atoms with van der Waals surface area (Å²) in [6, 6.07) is 6.97. The number of likely N-dealkylation sites (N-methyl/N-ethyl adjacent to an activating group) is 1. The molecule has 5 nitrogen and oxygen atoms in total. The van der Waals surface area contributed by atoms with Crippen LogP contribution in [0.5, 0.6) is 0 Å². The van der Waals surface area contributed by atoms with E-state index < -0.39 is 6.10 Å². The lowest BCUT2D eigenvalue weighted by molar-refractivity contribution is -0.154. The van der Waals surface area contributed by atoms with Crippen LogP contribution in [0.2, 0.25) is 5.02 Å². The number of carbonyl (C=O) groups is 2. The van der Waals surface area contributed by atoms with Crippen molar-refractivity contribution in [1.29, 1.82) is 0 Å². The Morgan fingerprint density at radius 3 is 2.95 bits per heavy atom. The lowest BCUT2D eigenvalue weighted by atomic mass is 10.1. The fourth-order valence-electron chi connectivity index (χ4n) is 2.08. The maximum atomic E-state index is 12.0. The van der Waals surface area contributed by atoms with Crippen molar-refractivity contribution in [2.45, 2.75) is 19.4 Å². The van der Waals surface area contributed by atoms with E-state index in [9.17, 15) is 9.59 Å². The van der Waals surface area contributed by atoms with Crippen molar-refractivity contribution in [3.63, 3.8) is 0 Å². The van der Waals surface area contributed by atoms with Gasteiger partial charge in [0.15, 0.2) is 0 Å². The van der Waals surface area contributed by atoms with E-state index in [4.69, 9.17) is 16.3 Å². The number of nitrogens with zero attached hydrogens (tertiary/aromatic N) is 1. The fraction of sp³-hybridized carbons (Fsp3) is 0.429. The van der Waals surface area contributed by atoms with E-state index in [-0.39, 0.29) is 18.2 Å². The normalized spacial score (nSPS) is 19.0. The molecule has 0 aromatic heterocycles. The number of nitrogens with one attached hydrogen (secondary N) is 1. The van der Waals surface area contributed by atoms with E-state index >= 15 is 0 Å². The molecular formula is C14H17ClN2O3. The highest BCUT2D eigenvalue weighted by atomic mass is 35.5. The first-order valence-corrected chi connectivity index (χ1v) is 6.94. The molecule has 0 spiro atoms. The number of hydrogen-bond acceptors (Lipinski definition) is 3. The predicted molar refractivity (Wildman–Crippen MR) is 76.7 cm³/mol. The van der Waals surface area contributed by atoms with Gasteiger partial charge in [0.2, 0.25) is 5.91 Å². The molecule has 1 aliphatic heterocycles. The third-order valence-electron chi connectivity index (χ3n) is 3.17. The van der Waals surface area contributed by atoms with Gasteiger partial charge in [-0.3, -0.25) is 9.59 Å². The highest BCUT2D eigenvalue weighted by Gasteiger charge is 2.30. The highest BCUT2D eigenvalue weighted by molar-refractivity contribution is 6.33. The second-order valence-corrected chi connectivity index (χ2v) is 4.92. The molecule has 1 atom stereocenters. The van der Waals surface area contributed by atoms with E-state index in [1.54, 1.807) is 29.2 Å². The summed E-state index contributed by atoms with van der Waals surface area (Å²) in [4.78, 5) is 25.7. The molecule has 0 aliphatic carbocycles. The van der Waals surface area contributed by atoms with Crippen molar-refractivity contribution in [3.8, 4) is 0 Å². The van der Waals surface area contributed by atoms with Crippen molar-refractivity contribution < 1.29 is 14.3 Å². The lowest BCUT2D eigenvalue weighted by Gasteiger charge is -2.31. The molecule has 0 bridgehead atoms. The van der Waals surface area contributed by atoms with Crippen molar-refractivity contribution in [1.82, 2.24) is 4.90 Å². The molecule has 20 heavy (non-hydrogen) atoms. The summed E-state index contributed by atoms with van der Waals surface area (Å²) in [5.41, 5.74) is 0.537. The Hall–Kier alpha value is -1.59. The third-order valence-corrected chi connectivity index (χ3v) is 3.50. The molecule has 1 aromatic rings. The molecule has 1 N–H and O–H groups in total. The number of anilines is 1. The first-order valence-electron chi connectivity index (χ1n) is 6.56. The summed E-state index contributed by atoms with van der Waals surface area (Å²) in [5, 5.41) is 3.15. The van der Waals surface area contributed by atoms with Gasteiger partial charge in [0, 0.05) is 13.1 Å². The quantitative estimate of drug-likeness (QED) is 0.923. The number of carbonyl (C=O) groups excluding carboxylic acids is 2. The lowest BCUT2D eigenvalue weighted by Crippen LogP contribution is -2.48. The minimum Gasteiger partial charge on any atom is -0.366 e. The van der Waals surface area contributed by atoms with Crippen LogP contribution in [0.3, 0.4) is 0 Å². The molecule has 1 unspecified atom stereocenters. The molecule has 6 heteroatoms. The second-order valence-electron chi connectivity index (χ2n) is 4.51. The zero-order chi connectivity index (χ0) is 14.5. The van der Waals surface area contributed by atoms with Crippen molar-refractivity contribution in [2.75, 3.05) is 25.0 Å². The van der Waals surface area contributed by atoms with Crippen LogP contribution in [0.25, 0.3) is 0 Å². The molecule has 2 amide bonds. The van der Waals surface area contributed by atoms with Crippen molar-refractivity contribution in [3.05, 3.63) is 29.3 Å². The van der Waals surface area contributed by atoms with Crippen LogP contribution < -0.4 is 5.32 Å². The van der Waals surface area contributed by atoms with Gasteiger partial charge in [0.05, 0.1) is 23.7 Å². The van der Waals surface area contributed by atoms with Crippen LogP contribution in [-0.4, -0.2) is 42.5 Å². The zero-order valence-electron chi connectivity index (χ0n) is 11.3.